The molecule has 0 N–H and O–H groups in total. The maximum absolute atomic E-state index is 12.2. The van der Waals surface area contributed by atoms with Crippen LogP contribution in [0.15, 0.2) is 35.1 Å². The first-order valence-electron chi connectivity index (χ1n) is 6.57. The van der Waals surface area contributed by atoms with Crippen molar-refractivity contribution in [2.24, 2.45) is 0 Å². The van der Waals surface area contributed by atoms with Gasteiger partial charge in [0.25, 0.3) is 0 Å². The van der Waals surface area contributed by atoms with Gasteiger partial charge in [-0.2, -0.15) is 0 Å². The van der Waals surface area contributed by atoms with Gasteiger partial charge in [0.05, 0.1) is 10.0 Å². The predicted octanol–water partition coefficient (Wildman–Crippen LogP) is 4.17. The van der Waals surface area contributed by atoms with Crippen LogP contribution in [0.1, 0.15) is 36.7 Å². The van der Waals surface area contributed by atoms with Gasteiger partial charge in [0, 0.05) is 18.0 Å². The zero-order chi connectivity index (χ0) is 15.6. The van der Waals surface area contributed by atoms with Gasteiger partial charge in [-0.25, -0.2) is 14.8 Å². The van der Waals surface area contributed by atoms with Crippen LogP contribution in [-0.2, 0) is 4.74 Å². The van der Waals surface area contributed by atoms with Crippen LogP contribution >= 0.6 is 15.9 Å². The van der Waals surface area contributed by atoms with Crippen LogP contribution in [0.25, 0.3) is 11.4 Å². The normalized spacial score (nSPS) is 11.3. The minimum absolute atomic E-state index is 0.343. The summed E-state index contributed by atoms with van der Waals surface area (Å²) in [6.45, 7) is 7.47. The van der Waals surface area contributed by atoms with Crippen LogP contribution in [0.3, 0.4) is 0 Å². The number of halogens is 1. The maximum atomic E-state index is 12.2. The minimum Gasteiger partial charge on any atom is -0.456 e. The lowest BCUT2D eigenvalue weighted by Gasteiger charge is -2.19. The standard InChI is InChI=1S/C16H17BrN2O2/c1-10-5-11(14-18-8-13(17)9-19-14)7-12(6-10)15(20)21-16(2,3)4/h5-9H,1-4H3. The Labute approximate surface area is 132 Å². The van der Waals surface area contributed by atoms with Crippen LogP contribution in [0, 0.1) is 6.92 Å². The van der Waals surface area contributed by atoms with Crippen molar-refractivity contribution >= 4 is 21.9 Å². The molecule has 110 valence electrons. The summed E-state index contributed by atoms with van der Waals surface area (Å²) in [5, 5.41) is 0. The Kier molecular flexibility index (Phi) is 4.42. The number of hydrogen-bond donors (Lipinski definition) is 0. The van der Waals surface area contributed by atoms with Crippen molar-refractivity contribution < 1.29 is 9.53 Å². The van der Waals surface area contributed by atoms with Gasteiger partial charge in [-0.3, -0.25) is 0 Å². The average molecular weight is 349 g/mol. The van der Waals surface area contributed by atoms with E-state index in [0.29, 0.717) is 11.4 Å². The Morgan fingerprint density at radius 1 is 1.14 bits per heavy atom. The van der Waals surface area contributed by atoms with Gasteiger partial charge in [0.2, 0.25) is 0 Å². The van der Waals surface area contributed by atoms with Crippen molar-refractivity contribution in [1.29, 1.82) is 0 Å². The third kappa shape index (κ3) is 4.36. The molecule has 1 aromatic heterocycles. The van der Waals surface area contributed by atoms with Crippen LogP contribution < -0.4 is 0 Å². The molecule has 2 rings (SSSR count). The molecule has 0 atom stereocenters. The van der Waals surface area contributed by atoms with Crippen LogP contribution in [0.5, 0.6) is 0 Å². The first-order valence-corrected chi connectivity index (χ1v) is 7.37. The zero-order valence-corrected chi connectivity index (χ0v) is 14.1. The third-order valence-corrected chi connectivity index (χ3v) is 3.00. The molecule has 0 aliphatic rings. The van der Waals surface area contributed by atoms with E-state index in [2.05, 4.69) is 25.9 Å². The third-order valence-electron chi connectivity index (χ3n) is 2.59. The van der Waals surface area contributed by atoms with E-state index in [1.165, 1.54) is 0 Å². The Hall–Kier alpha value is -1.75. The monoisotopic (exact) mass is 348 g/mol. The number of rotatable bonds is 2. The first-order chi connectivity index (χ1) is 9.74. The molecule has 0 unspecified atom stereocenters. The predicted molar refractivity (Wildman–Crippen MR) is 85.1 cm³/mol. The Bertz CT molecular complexity index is 661. The molecular weight excluding hydrogens is 332 g/mol. The largest absolute Gasteiger partial charge is 0.456 e. The molecule has 1 aromatic carbocycles. The second kappa shape index (κ2) is 5.93. The lowest BCUT2D eigenvalue weighted by molar-refractivity contribution is 0.00695. The second-order valence-electron chi connectivity index (χ2n) is 5.81. The van der Waals surface area contributed by atoms with E-state index < -0.39 is 5.60 Å². The molecular formula is C16H17BrN2O2. The number of nitrogens with zero attached hydrogens (tertiary/aromatic N) is 2. The van der Waals surface area contributed by atoms with Gasteiger partial charge in [-0.05, 0) is 67.4 Å². The highest BCUT2D eigenvalue weighted by Crippen LogP contribution is 2.21. The smallest absolute Gasteiger partial charge is 0.338 e. The number of aromatic nitrogens is 2. The summed E-state index contributed by atoms with van der Waals surface area (Å²) >= 11 is 3.30. The SMILES string of the molecule is Cc1cc(C(=O)OC(C)(C)C)cc(-c2ncc(Br)cn2)c1. The average Bonchev–Trinajstić information content (AvgIpc) is 2.36. The van der Waals surface area contributed by atoms with Crippen LogP contribution in [0.2, 0.25) is 0 Å². The lowest BCUT2D eigenvalue weighted by atomic mass is 10.1. The number of aryl methyl sites for hydroxylation is 1. The number of hydrogen-bond acceptors (Lipinski definition) is 4. The van der Waals surface area contributed by atoms with E-state index >= 15 is 0 Å². The van der Waals surface area contributed by atoms with E-state index in [0.717, 1.165) is 15.6 Å². The quantitative estimate of drug-likeness (QED) is 0.764. The molecule has 0 aliphatic carbocycles. The van der Waals surface area contributed by atoms with Gasteiger partial charge in [-0.1, -0.05) is 0 Å². The molecule has 0 saturated heterocycles. The molecule has 0 aliphatic heterocycles. The topological polar surface area (TPSA) is 52.1 Å². The van der Waals surface area contributed by atoms with Gasteiger partial charge >= 0.3 is 5.97 Å². The molecule has 2 aromatic rings. The summed E-state index contributed by atoms with van der Waals surface area (Å²) in [7, 11) is 0. The van der Waals surface area contributed by atoms with Crippen molar-refractivity contribution in [2.45, 2.75) is 33.3 Å². The van der Waals surface area contributed by atoms with E-state index in [9.17, 15) is 4.79 Å². The molecule has 4 nitrogen and oxygen atoms in total. The summed E-state index contributed by atoms with van der Waals surface area (Å²) in [5.74, 6) is 0.233. The number of carbonyl (C=O) groups excluding carboxylic acids is 1. The number of benzene rings is 1. The van der Waals surface area contributed by atoms with Crippen molar-refractivity contribution in [1.82, 2.24) is 9.97 Å². The van der Waals surface area contributed by atoms with Crippen molar-refractivity contribution in [3.63, 3.8) is 0 Å². The number of esters is 1. The highest BCUT2D eigenvalue weighted by Gasteiger charge is 2.19. The fourth-order valence-corrected chi connectivity index (χ4v) is 2.03. The van der Waals surface area contributed by atoms with E-state index in [1.807, 2.05) is 33.8 Å². The number of ether oxygens (including phenoxy) is 1. The van der Waals surface area contributed by atoms with Gasteiger partial charge in [-0.15, -0.1) is 0 Å². The zero-order valence-electron chi connectivity index (χ0n) is 12.5. The molecule has 0 bridgehead atoms. The minimum atomic E-state index is -0.519. The Morgan fingerprint density at radius 2 is 1.76 bits per heavy atom. The highest BCUT2D eigenvalue weighted by molar-refractivity contribution is 9.10. The molecule has 5 heteroatoms. The fraction of sp³-hybridized carbons (Fsp3) is 0.312. The molecule has 0 fully saturated rings. The molecule has 21 heavy (non-hydrogen) atoms. The van der Waals surface area contributed by atoms with E-state index in [-0.39, 0.29) is 5.97 Å². The maximum Gasteiger partial charge on any atom is 0.338 e. The number of carbonyl (C=O) groups is 1. The lowest BCUT2D eigenvalue weighted by Crippen LogP contribution is -2.24. The van der Waals surface area contributed by atoms with Gasteiger partial charge in [0.1, 0.15) is 5.60 Å². The Balaban J connectivity index is 2.37. The van der Waals surface area contributed by atoms with Gasteiger partial charge in [0.15, 0.2) is 5.82 Å². The summed E-state index contributed by atoms with van der Waals surface area (Å²) in [6.07, 6.45) is 3.36. The van der Waals surface area contributed by atoms with Crippen LogP contribution in [-0.4, -0.2) is 21.5 Å². The molecule has 0 amide bonds. The molecule has 0 saturated carbocycles. The summed E-state index contributed by atoms with van der Waals surface area (Å²) < 4.78 is 6.21. The fourth-order valence-electron chi connectivity index (χ4n) is 1.83. The molecule has 0 spiro atoms. The van der Waals surface area contributed by atoms with E-state index in [1.54, 1.807) is 24.5 Å². The second-order valence-corrected chi connectivity index (χ2v) is 6.73. The first kappa shape index (κ1) is 15.6. The summed E-state index contributed by atoms with van der Waals surface area (Å²) in [5.41, 5.74) is 1.74. The summed E-state index contributed by atoms with van der Waals surface area (Å²) in [6, 6.07) is 5.50. The molecule has 1 heterocycles. The summed E-state index contributed by atoms with van der Waals surface area (Å²) in [4.78, 5) is 20.7. The Morgan fingerprint density at radius 3 is 2.33 bits per heavy atom. The van der Waals surface area contributed by atoms with Crippen LogP contribution in [0.4, 0.5) is 0 Å². The van der Waals surface area contributed by atoms with Crippen molar-refractivity contribution in [2.75, 3.05) is 0 Å². The van der Waals surface area contributed by atoms with Crippen molar-refractivity contribution in [3.05, 3.63) is 46.2 Å². The molecule has 0 radical (unpaired) electrons. The van der Waals surface area contributed by atoms with Gasteiger partial charge < -0.3 is 4.74 Å². The highest BCUT2D eigenvalue weighted by atomic mass is 79.9. The van der Waals surface area contributed by atoms with E-state index in [4.69, 9.17) is 4.74 Å². The van der Waals surface area contributed by atoms with Crippen molar-refractivity contribution in [3.8, 4) is 11.4 Å².